The molecule has 1 heteroatoms. The molecule has 0 atom stereocenters. The molecule has 13 rings (SSSR count). The van der Waals surface area contributed by atoms with Crippen LogP contribution in [0.4, 0.5) is 17.1 Å². The summed E-state index contributed by atoms with van der Waals surface area (Å²) < 4.78 is 0. The molecule has 0 N–H and O–H groups in total. The van der Waals surface area contributed by atoms with Crippen molar-refractivity contribution in [3.8, 4) is 44.5 Å². The van der Waals surface area contributed by atoms with Crippen LogP contribution >= 0.6 is 0 Å². The lowest BCUT2D eigenvalue weighted by atomic mass is 9.68. The number of hydrogen-bond acceptors (Lipinski definition) is 1. The van der Waals surface area contributed by atoms with Crippen molar-refractivity contribution in [3.05, 3.63) is 295 Å². The predicted octanol–water partition coefficient (Wildman–Crippen LogP) is 18.0. The Balaban J connectivity index is 0.965. The van der Waals surface area contributed by atoms with Gasteiger partial charge in [0.1, 0.15) is 0 Å². The van der Waals surface area contributed by atoms with Gasteiger partial charge in [0.2, 0.25) is 0 Å². The largest absolute Gasteiger partial charge is 0.310 e. The van der Waals surface area contributed by atoms with Crippen molar-refractivity contribution in [2.24, 2.45) is 0 Å². The molecule has 1 aliphatic rings. The molecule has 0 heterocycles. The Morgan fingerprint density at radius 1 is 0.265 bits per heavy atom. The molecule has 0 spiro atoms. The van der Waals surface area contributed by atoms with Crippen molar-refractivity contribution in [1.82, 2.24) is 0 Å². The minimum absolute atomic E-state index is 0.517. The normalized spacial score (nSPS) is 12.5. The summed E-state index contributed by atoms with van der Waals surface area (Å²) in [6.07, 6.45) is 0. The number of anilines is 3. The summed E-state index contributed by atoms with van der Waals surface area (Å²) in [5.41, 5.74) is 17.5. The van der Waals surface area contributed by atoms with E-state index in [0.29, 0.717) is 0 Å². The van der Waals surface area contributed by atoms with Gasteiger partial charge in [0, 0.05) is 16.9 Å². The Bertz CT molecular complexity index is 3790. The fourth-order valence-corrected chi connectivity index (χ4v) is 11.2. The first-order chi connectivity index (χ1) is 33.7. The zero-order chi connectivity index (χ0) is 45.0. The van der Waals surface area contributed by atoms with E-state index in [2.05, 4.69) is 278 Å². The molecule has 0 saturated carbocycles. The Morgan fingerprint density at radius 2 is 0.779 bits per heavy atom. The molecule has 12 aromatic carbocycles. The highest BCUT2D eigenvalue weighted by molar-refractivity contribution is 6.08. The van der Waals surface area contributed by atoms with E-state index in [1.54, 1.807) is 0 Å². The number of nitrogens with zero attached hydrogens (tertiary/aromatic N) is 1. The molecule has 0 fully saturated rings. The van der Waals surface area contributed by atoms with Crippen molar-refractivity contribution in [3.63, 3.8) is 0 Å². The molecule has 1 aliphatic carbocycles. The van der Waals surface area contributed by atoms with Crippen LogP contribution in [0, 0.1) is 0 Å². The molecular formula is C67H45N. The first-order valence-corrected chi connectivity index (χ1v) is 23.6. The summed E-state index contributed by atoms with van der Waals surface area (Å²) in [6, 6.07) is 101. The number of fused-ring (bicyclic) bond motifs is 7. The molecule has 0 bridgehead atoms. The molecule has 318 valence electrons. The van der Waals surface area contributed by atoms with Gasteiger partial charge < -0.3 is 4.90 Å². The van der Waals surface area contributed by atoms with Gasteiger partial charge in [-0.2, -0.15) is 0 Å². The Hall–Kier alpha value is -8.78. The van der Waals surface area contributed by atoms with Crippen molar-refractivity contribution < 1.29 is 0 Å². The van der Waals surface area contributed by atoms with Gasteiger partial charge >= 0.3 is 0 Å². The van der Waals surface area contributed by atoms with Gasteiger partial charge in [0.15, 0.2) is 0 Å². The molecule has 1 nitrogen and oxygen atoms in total. The second-order valence-electron chi connectivity index (χ2n) is 18.0. The van der Waals surface area contributed by atoms with Crippen LogP contribution in [0.2, 0.25) is 0 Å². The van der Waals surface area contributed by atoms with Crippen LogP contribution in [0.15, 0.2) is 273 Å². The minimum atomic E-state index is -0.517. The highest BCUT2D eigenvalue weighted by atomic mass is 15.1. The molecule has 12 aromatic rings. The average molecular weight is 864 g/mol. The van der Waals surface area contributed by atoms with Crippen molar-refractivity contribution in [2.75, 3.05) is 4.90 Å². The smallest absolute Gasteiger partial charge is 0.0714 e. The summed E-state index contributed by atoms with van der Waals surface area (Å²) in [4.78, 5) is 2.48. The molecule has 0 aliphatic heterocycles. The van der Waals surface area contributed by atoms with E-state index in [9.17, 15) is 0 Å². The summed E-state index contributed by atoms with van der Waals surface area (Å²) in [5.74, 6) is 0. The highest BCUT2D eigenvalue weighted by Gasteiger charge is 2.47. The Kier molecular flexibility index (Phi) is 9.47. The summed E-state index contributed by atoms with van der Waals surface area (Å²) >= 11 is 0. The zero-order valence-corrected chi connectivity index (χ0v) is 37.4. The van der Waals surface area contributed by atoms with Crippen molar-refractivity contribution in [1.29, 1.82) is 0 Å². The first kappa shape index (κ1) is 39.6. The van der Waals surface area contributed by atoms with E-state index in [1.165, 1.54) is 93.5 Å². The van der Waals surface area contributed by atoms with E-state index in [1.807, 2.05) is 0 Å². The number of benzene rings is 12. The average Bonchev–Trinajstić information content (AvgIpc) is 3.73. The van der Waals surface area contributed by atoms with Crippen LogP contribution in [0.3, 0.4) is 0 Å². The molecule has 68 heavy (non-hydrogen) atoms. The topological polar surface area (TPSA) is 3.24 Å². The van der Waals surface area contributed by atoms with E-state index < -0.39 is 5.41 Å². The lowest BCUT2D eigenvalue weighted by Gasteiger charge is -2.34. The van der Waals surface area contributed by atoms with Crippen LogP contribution in [-0.2, 0) is 5.41 Å². The molecule has 0 aromatic heterocycles. The van der Waals surface area contributed by atoms with Gasteiger partial charge in [0.05, 0.1) is 11.1 Å². The van der Waals surface area contributed by atoms with Crippen LogP contribution in [-0.4, -0.2) is 0 Å². The maximum atomic E-state index is 2.48. The Morgan fingerprint density at radius 3 is 1.53 bits per heavy atom. The van der Waals surface area contributed by atoms with Gasteiger partial charge in [-0.1, -0.05) is 237 Å². The predicted molar refractivity (Wildman–Crippen MR) is 287 cm³/mol. The van der Waals surface area contributed by atoms with Gasteiger partial charge in [-0.25, -0.2) is 0 Å². The summed E-state index contributed by atoms with van der Waals surface area (Å²) in [5, 5.41) is 7.59. The van der Waals surface area contributed by atoms with E-state index >= 15 is 0 Å². The summed E-state index contributed by atoms with van der Waals surface area (Å²) in [6.45, 7) is 0. The fraction of sp³-hybridized carbons (Fsp3) is 0.0149. The second kappa shape index (κ2) is 16.3. The maximum Gasteiger partial charge on any atom is 0.0714 e. The van der Waals surface area contributed by atoms with Gasteiger partial charge in [-0.3, -0.25) is 0 Å². The number of hydrogen-bond donors (Lipinski definition) is 0. The quantitative estimate of drug-likeness (QED) is 0.138. The standard InChI is InChI=1S/C67H45N/c1-3-20-54(21-4-1)67(55-22-5-2-6-23-55)63-29-12-11-27-62(63)66-64(67)30-15-31-65(66)68(56-41-38-50(39-42-56)60-28-14-18-48-16-7-9-25-58(48)60)57-24-13-19-51(45-57)46-32-34-47(35-33-46)52-40-43-61-53(44-52)37-36-49-17-8-10-26-59(49)61/h1-45H. The maximum absolute atomic E-state index is 2.48. The van der Waals surface area contributed by atoms with Crippen LogP contribution in [0.5, 0.6) is 0 Å². The summed E-state index contributed by atoms with van der Waals surface area (Å²) in [7, 11) is 0. The number of rotatable bonds is 8. The van der Waals surface area contributed by atoms with Gasteiger partial charge in [0.25, 0.3) is 0 Å². The third-order valence-corrected chi connectivity index (χ3v) is 14.3. The third kappa shape index (κ3) is 6.39. The second-order valence-corrected chi connectivity index (χ2v) is 18.0. The highest BCUT2D eigenvalue weighted by Crippen LogP contribution is 2.59. The van der Waals surface area contributed by atoms with Crippen molar-refractivity contribution in [2.45, 2.75) is 5.41 Å². The van der Waals surface area contributed by atoms with Gasteiger partial charge in [-0.05, 0) is 130 Å². The molecular weight excluding hydrogens is 819 g/mol. The molecule has 0 unspecified atom stereocenters. The van der Waals surface area contributed by atoms with Crippen LogP contribution in [0.1, 0.15) is 22.3 Å². The lowest BCUT2D eigenvalue weighted by Crippen LogP contribution is -2.28. The van der Waals surface area contributed by atoms with Gasteiger partial charge in [-0.15, -0.1) is 0 Å². The van der Waals surface area contributed by atoms with E-state index in [4.69, 9.17) is 0 Å². The lowest BCUT2D eigenvalue weighted by molar-refractivity contribution is 0.768. The van der Waals surface area contributed by atoms with Crippen LogP contribution < -0.4 is 4.90 Å². The molecule has 0 radical (unpaired) electrons. The van der Waals surface area contributed by atoms with E-state index in [0.717, 1.165) is 22.6 Å². The van der Waals surface area contributed by atoms with Crippen LogP contribution in [0.25, 0.3) is 76.8 Å². The SMILES string of the molecule is c1ccc(C2(c3ccccc3)c3ccccc3-c3c(N(c4ccc(-c5cccc6ccccc56)cc4)c4cccc(-c5ccc(-c6ccc7c(ccc8ccccc87)c6)cc5)c4)cccc32)cc1. The monoisotopic (exact) mass is 863 g/mol. The zero-order valence-electron chi connectivity index (χ0n) is 37.4. The molecule has 0 amide bonds. The fourth-order valence-electron chi connectivity index (χ4n) is 11.2. The minimum Gasteiger partial charge on any atom is -0.310 e. The third-order valence-electron chi connectivity index (χ3n) is 14.3. The van der Waals surface area contributed by atoms with Crippen molar-refractivity contribution >= 4 is 49.4 Å². The first-order valence-electron chi connectivity index (χ1n) is 23.6. The Labute approximate surface area is 397 Å². The molecule has 0 saturated heterocycles. The van der Waals surface area contributed by atoms with E-state index in [-0.39, 0.29) is 0 Å².